The molecule has 0 N–H and O–H groups in total. The number of piperidine rings is 1. The minimum Gasteiger partial charge on any atom is -0.466 e. The first kappa shape index (κ1) is 23.3. The van der Waals surface area contributed by atoms with Crippen LogP contribution in [0.15, 0.2) is 17.0 Å². The van der Waals surface area contributed by atoms with Crippen molar-refractivity contribution in [3.8, 4) is 0 Å². The number of fused-ring (bicyclic) bond motifs is 3. The van der Waals surface area contributed by atoms with E-state index in [0.717, 1.165) is 38.1 Å². The summed E-state index contributed by atoms with van der Waals surface area (Å²) >= 11 is 1.95. The molecule has 3 aliphatic rings. The minimum atomic E-state index is -0.482. The number of esters is 1. The Kier molecular flexibility index (Phi) is 6.94. The Morgan fingerprint density at radius 2 is 2.03 bits per heavy atom. The largest absolute Gasteiger partial charge is 0.466 e. The van der Waals surface area contributed by atoms with Crippen LogP contribution in [0.3, 0.4) is 0 Å². The first-order valence-corrected chi connectivity index (χ1v) is 12.9. The molecule has 2 atom stereocenters. The zero-order valence-electron chi connectivity index (χ0n) is 19.8. The Morgan fingerprint density at radius 1 is 1.22 bits per heavy atom. The number of thioether (sulfide) groups is 1. The number of rotatable bonds is 5. The number of carbonyl (C=O) groups excluding carboxylic acids is 2. The van der Waals surface area contributed by atoms with Crippen LogP contribution < -0.4 is 4.90 Å². The third kappa shape index (κ3) is 5.03. The molecule has 0 spiro atoms. The van der Waals surface area contributed by atoms with E-state index in [1.165, 1.54) is 28.1 Å². The number of ether oxygens (including phenoxy) is 2. The second kappa shape index (κ2) is 9.54. The highest BCUT2D eigenvalue weighted by atomic mass is 32.2. The van der Waals surface area contributed by atoms with Crippen molar-refractivity contribution in [2.75, 3.05) is 36.9 Å². The van der Waals surface area contributed by atoms with Crippen LogP contribution in [0.5, 0.6) is 0 Å². The zero-order chi connectivity index (χ0) is 22.9. The lowest BCUT2D eigenvalue weighted by molar-refractivity contribution is -0.143. The first-order valence-electron chi connectivity index (χ1n) is 12.0. The normalized spacial score (nSPS) is 22.1. The molecule has 1 amide bonds. The average Bonchev–Trinajstić information content (AvgIpc) is 2.87. The van der Waals surface area contributed by atoms with E-state index in [0.29, 0.717) is 31.5 Å². The lowest BCUT2D eigenvalue weighted by Gasteiger charge is -2.39. The average molecular weight is 461 g/mol. The Balaban J connectivity index is 1.55. The van der Waals surface area contributed by atoms with Crippen LogP contribution in [0.25, 0.3) is 0 Å². The Bertz CT molecular complexity index is 866. The van der Waals surface area contributed by atoms with Crippen molar-refractivity contribution in [1.82, 2.24) is 4.90 Å². The third-order valence-electron chi connectivity index (χ3n) is 6.43. The second-order valence-electron chi connectivity index (χ2n) is 9.97. The van der Waals surface area contributed by atoms with Gasteiger partial charge >= 0.3 is 12.1 Å². The summed E-state index contributed by atoms with van der Waals surface area (Å²) in [4.78, 5) is 30.4. The summed E-state index contributed by atoms with van der Waals surface area (Å²) in [6, 6.07) is 5.12. The molecule has 7 heteroatoms. The fourth-order valence-electron chi connectivity index (χ4n) is 5.17. The molecule has 32 heavy (non-hydrogen) atoms. The summed E-state index contributed by atoms with van der Waals surface area (Å²) in [6.07, 6.45) is 4.06. The summed E-state index contributed by atoms with van der Waals surface area (Å²) < 4.78 is 10.7. The van der Waals surface area contributed by atoms with Gasteiger partial charge in [0.2, 0.25) is 0 Å². The fourth-order valence-corrected chi connectivity index (χ4v) is 6.27. The summed E-state index contributed by atoms with van der Waals surface area (Å²) in [5.41, 5.74) is 3.57. The van der Waals surface area contributed by atoms with Crippen molar-refractivity contribution in [1.29, 1.82) is 0 Å². The summed E-state index contributed by atoms with van der Waals surface area (Å²) in [5.74, 6) is 1.33. The molecular formula is C25H36N2O4S. The van der Waals surface area contributed by atoms with Gasteiger partial charge in [-0.3, -0.25) is 4.79 Å². The number of aryl methyl sites for hydroxylation is 1. The van der Waals surface area contributed by atoms with Crippen LogP contribution in [-0.4, -0.2) is 60.6 Å². The SMILES string of the molecule is CCOC(=O)CCCc1cc2c3c(c1)[C@@H]1CN(C(=O)OC(C)(C)C)CC[C@@H]1N3CCCS2. The highest BCUT2D eigenvalue weighted by molar-refractivity contribution is 7.99. The van der Waals surface area contributed by atoms with E-state index >= 15 is 0 Å². The van der Waals surface area contributed by atoms with E-state index in [1.54, 1.807) is 0 Å². The maximum absolute atomic E-state index is 12.8. The van der Waals surface area contributed by atoms with E-state index in [9.17, 15) is 9.59 Å². The van der Waals surface area contributed by atoms with Gasteiger partial charge in [-0.05, 0) is 76.3 Å². The van der Waals surface area contributed by atoms with E-state index < -0.39 is 5.60 Å². The molecule has 0 bridgehead atoms. The predicted octanol–water partition coefficient (Wildman–Crippen LogP) is 4.98. The van der Waals surface area contributed by atoms with Crippen LogP contribution in [0, 0.1) is 0 Å². The topological polar surface area (TPSA) is 59.1 Å². The molecule has 0 aromatic heterocycles. The quantitative estimate of drug-likeness (QED) is 0.578. The first-order chi connectivity index (χ1) is 15.3. The van der Waals surface area contributed by atoms with Gasteiger partial charge in [-0.1, -0.05) is 6.07 Å². The monoisotopic (exact) mass is 460 g/mol. The summed E-state index contributed by atoms with van der Waals surface area (Å²) in [5, 5.41) is 0. The number of amides is 1. The number of hydrogen-bond donors (Lipinski definition) is 0. The molecule has 176 valence electrons. The zero-order valence-corrected chi connectivity index (χ0v) is 20.6. The molecule has 0 aliphatic carbocycles. The number of hydrogen-bond acceptors (Lipinski definition) is 6. The lowest BCUT2D eigenvalue weighted by Crippen LogP contribution is -2.49. The van der Waals surface area contributed by atoms with Gasteiger partial charge in [-0.15, -0.1) is 11.8 Å². The lowest BCUT2D eigenvalue weighted by atomic mass is 9.88. The van der Waals surface area contributed by atoms with Crippen molar-refractivity contribution >= 4 is 29.5 Å². The number of likely N-dealkylation sites (tertiary alicyclic amines) is 1. The Morgan fingerprint density at radius 3 is 2.78 bits per heavy atom. The minimum absolute atomic E-state index is 0.118. The van der Waals surface area contributed by atoms with Crippen molar-refractivity contribution in [3.05, 3.63) is 23.3 Å². The van der Waals surface area contributed by atoms with Gasteiger partial charge in [0, 0.05) is 42.9 Å². The highest BCUT2D eigenvalue weighted by Gasteiger charge is 2.45. The van der Waals surface area contributed by atoms with Crippen LogP contribution in [0.4, 0.5) is 10.5 Å². The van der Waals surface area contributed by atoms with Crippen LogP contribution >= 0.6 is 11.8 Å². The fraction of sp³-hybridized carbons (Fsp3) is 0.680. The van der Waals surface area contributed by atoms with E-state index in [4.69, 9.17) is 9.47 Å². The second-order valence-corrected chi connectivity index (χ2v) is 11.1. The molecule has 1 saturated heterocycles. The molecular weight excluding hydrogens is 424 g/mol. The molecule has 0 saturated carbocycles. The van der Waals surface area contributed by atoms with Gasteiger partial charge in [0.25, 0.3) is 0 Å². The van der Waals surface area contributed by atoms with Crippen LogP contribution in [-0.2, 0) is 20.7 Å². The number of benzene rings is 1. The molecule has 0 radical (unpaired) electrons. The maximum Gasteiger partial charge on any atom is 0.410 e. The number of anilines is 1. The van der Waals surface area contributed by atoms with Crippen LogP contribution in [0.2, 0.25) is 0 Å². The van der Waals surface area contributed by atoms with Gasteiger partial charge in [0.1, 0.15) is 5.60 Å². The molecule has 0 unspecified atom stereocenters. The Labute approximate surface area is 196 Å². The van der Waals surface area contributed by atoms with Gasteiger partial charge in [0.05, 0.1) is 12.3 Å². The van der Waals surface area contributed by atoms with E-state index in [2.05, 4.69) is 17.0 Å². The van der Waals surface area contributed by atoms with Crippen molar-refractivity contribution in [2.24, 2.45) is 0 Å². The van der Waals surface area contributed by atoms with Gasteiger partial charge < -0.3 is 19.3 Å². The number of carbonyl (C=O) groups is 2. The van der Waals surface area contributed by atoms with Gasteiger partial charge in [-0.25, -0.2) is 4.79 Å². The molecule has 3 heterocycles. The van der Waals surface area contributed by atoms with E-state index in [-0.39, 0.29) is 12.1 Å². The molecule has 1 fully saturated rings. The molecule has 1 aromatic carbocycles. The maximum atomic E-state index is 12.8. The molecule has 3 aliphatic heterocycles. The number of nitrogens with zero attached hydrogens (tertiary/aromatic N) is 2. The summed E-state index contributed by atoms with van der Waals surface area (Å²) in [7, 11) is 0. The Hall–Kier alpha value is -1.89. The van der Waals surface area contributed by atoms with Crippen LogP contribution in [0.1, 0.15) is 70.4 Å². The van der Waals surface area contributed by atoms with Gasteiger partial charge in [0.15, 0.2) is 0 Å². The van der Waals surface area contributed by atoms with Crippen molar-refractivity contribution in [3.63, 3.8) is 0 Å². The highest BCUT2D eigenvalue weighted by Crippen LogP contribution is 2.51. The molecule has 1 aromatic rings. The van der Waals surface area contributed by atoms with E-state index in [1.807, 2.05) is 44.4 Å². The predicted molar refractivity (Wildman–Crippen MR) is 128 cm³/mol. The van der Waals surface area contributed by atoms with Crippen molar-refractivity contribution < 1.29 is 19.1 Å². The third-order valence-corrected chi connectivity index (χ3v) is 7.55. The molecule has 6 nitrogen and oxygen atoms in total. The van der Waals surface area contributed by atoms with Gasteiger partial charge in [-0.2, -0.15) is 0 Å². The summed E-state index contributed by atoms with van der Waals surface area (Å²) in [6.45, 7) is 10.6. The van der Waals surface area contributed by atoms with Crippen molar-refractivity contribution in [2.45, 2.75) is 82.3 Å². The smallest absolute Gasteiger partial charge is 0.410 e. The molecule has 4 rings (SSSR count). The standard InChI is InChI=1S/C25H36N2O4S/c1-5-30-22(28)9-6-8-17-14-18-19-16-26(24(29)31-25(2,3)4)12-10-20(19)27-11-7-13-32-21(15-17)23(18)27/h14-15,19-20H,5-13,16H2,1-4H3/t19-,20-/m0/s1.